The summed E-state index contributed by atoms with van der Waals surface area (Å²) in [6.45, 7) is 5.07. The van der Waals surface area contributed by atoms with Crippen LogP contribution >= 0.6 is 11.3 Å². The van der Waals surface area contributed by atoms with E-state index in [1.807, 2.05) is 0 Å². The summed E-state index contributed by atoms with van der Waals surface area (Å²) in [5.74, 6) is 0. The molecule has 0 spiro atoms. The van der Waals surface area contributed by atoms with Crippen molar-refractivity contribution in [3.63, 3.8) is 0 Å². The smallest absolute Gasteiger partial charge is 0.0904 e. The highest BCUT2D eigenvalue weighted by Crippen LogP contribution is 2.40. The Balaban J connectivity index is 2.29. The van der Waals surface area contributed by atoms with Crippen LogP contribution in [0.4, 0.5) is 5.69 Å². The van der Waals surface area contributed by atoms with Crippen molar-refractivity contribution in [2.75, 3.05) is 5.32 Å². The fourth-order valence-electron chi connectivity index (χ4n) is 2.06. The van der Waals surface area contributed by atoms with Crippen LogP contribution in [-0.2, 0) is 6.54 Å². The minimum Gasteiger partial charge on any atom is -0.379 e. The average Bonchev–Trinajstić information content (AvgIpc) is 2.59. The third-order valence-corrected chi connectivity index (χ3v) is 3.80. The maximum Gasteiger partial charge on any atom is 0.0904 e. The van der Waals surface area contributed by atoms with Gasteiger partial charge >= 0.3 is 0 Å². The number of nitrogens with one attached hydrogen (secondary N) is 1. The molecule has 1 N–H and O–H groups in total. The van der Waals surface area contributed by atoms with Crippen LogP contribution in [0, 0.1) is 13.8 Å². The SMILES string of the molecule is Cc1nc2c(s1)-c1cccc(C)c1NC2. The lowest BCUT2D eigenvalue weighted by atomic mass is 10.0. The molecule has 0 saturated heterocycles. The summed E-state index contributed by atoms with van der Waals surface area (Å²) >= 11 is 1.79. The Bertz CT molecular complexity index is 528. The Hall–Kier alpha value is -1.35. The Morgan fingerprint density at radius 3 is 3.07 bits per heavy atom. The van der Waals surface area contributed by atoms with E-state index >= 15 is 0 Å². The molecule has 1 aromatic carbocycles. The number of benzene rings is 1. The molecule has 0 bridgehead atoms. The molecule has 2 nitrogen and oxygen atoms in total. The molecule has 0 unspecified atom stereocenters. The Morgan fingerprint density at radius 2 is 2.20 bits per heavy atom. The van der Waals surface area contributed by atoms with Gasteiger partial charge in [-0.15, -0.1) is 11.3 Å². The van der Waals surface area contributed by atoms with Gasteiger partial charge in [-0.1, -0.05) is 18.2 Å². The first-order valence-corrected chi connectivity index (χ1v) is 5.87. The molecule has 0 amide bonds. The second-order valence-electron chi connectivity index (χ2n) is 3.86. The number of fused-ring (bicyclic) bond motifs is 3. The molecular formula is C12H12N2S. The highest BCUT2D eigenvalue weighted by molar-refractivity contribution is 7.15. The standard InChI is InChI=1S/C12H12N2S/c1-7-4-3-5-9-11(7)13-6-10-12(9)15-8(2)14-10/h3-5,13H,6H2,1-2H3. The molecule has 1 aromatic heterocycles. The third kappa shape index (κ3) is 1.27. The van der Waals surface area contributed by atoms with E-state index in [1.165, 1.54) is 27.4 Å². The van der Waals surface area contributed by atoms with Gasteiger partial charge in [0.1, 0.15) is 0 Å². The molecule has 76 valence electrons. The van der Waals surface area contributed by atoms with E-state index in [0.717, 1.165) is 11.6 Å². The van der Waals surface area contributed by atoms with Crippen molar-refractivity contribution in [3.05, 3.63) is 34.5 Å². The van der Waals surface area contributed by atoms with Crippen LogP contribution in [-0.4, -0.2) is 4.98 Å². The lowest BCUT2D eigenvalue weighted by Gasteiger charge is -2.19. The molecule has 0 saturated carbocycles. The largest absolute Gasteiger partial charge is 0.379 e. The molecule has 0 fully saturated rings. The minimum atomic E-state index is 0.859. The number of anilines is 1. The van der Waals surface area contributed by atoms with Gasteiger partial charge in [0.25, 0.3) is 0 Å². The maximum absolute atomic E-state index is 4.54. The molecule has 2 heterocycles. The van der Waals surface area contributed by atoms with Crippen molar-refractivity contribution >= 4 is 17.0 Å². The second kappa shape index (κ2) is 3.07. The molecule has 3 rings (SSSR count). The molecule has 1 aliphatic rings. The van der Waals surface area contributed by atoms with Crippen LogP contribution in [0.3, 0.4) is 0 Å². The molecule has 2 aromatic rings. The lowest BCUT2D eigenvalue weighted by molar-refractivity contribution is 1.04. The Morgan fingerprint density at radius 1 is 1.33 bits per heavy atom. The molecule has 0 atom stereocenters. The van der Waals surface area contributed by atoms with Gasteiger partial charge in [0.05, 0.1) is 22.1 Å². The quantitative estimate of drug-likeness (QED) is 0.730. The highest BCUT2D eigenvalue weighted by atomic mass is 32.1. The summed E-state index contributed by atoms with van der Waals surface area (Å²) in [5, 5.41) is 4.59. The van der Waals surface area contributed by atoms with E-state index in [1.54, 1.807) is 11.3 Å². The van der Waals surface area contributed by atoms with Gasteiger partial charge in [0, 0.05) is 11.3 Å². The summed E-state index contributed by atoms with van der Waals surface area (Å²) in [5.41, 5.74) is 5.08. The lowest BCUT2D eigenvalue weighted by Crippen LogP contribution is -2.08. The zero-order valence-electron chi connectivity index (χ0n) is 8.79. The zero-order chi connectivity index (χ0) is 10.4. The molecule has 3 heteroatoms. The molecule has 1 aliphatic heterocycles. The number of aromatic nitrogens is 1. The fraction of sp³-hybridized carbons (Fsp3) is 0.250. The number of thiazole rings is 1. The van der Waals surface area contributed by atoms with Crippen molar-refractivity contribution in [2.24, 2.45) is 0 Å². The number of rotatable bonds is 0. The van der Waals surface area contributed by atoms with Crippen molar-refractivity contribution < 1.29 is 0 Å². The van der Waals surface area contributed by atoms with Crippen molar-refractivity contribution in [3.8, 4) is 10.4 Å². The third-order valence-electron chi connectivity index (χ3n) is 2.75. The molecule has 0 aliphatic carbocycles. The fourth-order valence-corrected chi connectivity index (χ4v) is 3.03. The van der Waals surface area contributed by atoms with Crippen molar-refractivity contribution in [2.45, 2.75) is 20.4 Å². The van der Waals surface area contributed by atoms with Gasteiger partial charge < -0.3 is 5.32 Å². The number of para-hydroxylation sites is 1. The van der Waals surface area contributed by atoms with E-state index < -0.39 is 0 Å². The van der Waals surface area contributed by atoms with Crippen LogP contribution in [0.1, 0.15) is 16.3 Å². The number of nitrogens with zero attached hydrogens (tertiary/aromatic N) is 1. The van der Waals surface area contributed by atoms with Crippen molar-refractivity contribution in [1.82, 2.24) is 4.98 Å². The topological polar surface area (TPSA) is 24.9 Å². The molecular weight excluding hydrogens is 204 g/mol. The van der Waals surface area contributed by atoms with Gasteiger partial charge in [-0.05, 0) is 19.4 Å². The highest BCUT2D eigenvalue weighted by Gasteiger charge is 2.19. The average molecular weight is 216 g/mol. The number of aryl methyl sites for hydroxylation is 2. The van der Waals surface area contributed by atoms with Crippen molar-refractivity contribution in [1.29, 1.82) is 0 Å². The van der Waals surface area contributed by atoms with Gasteiger partial charge in [0.2, 0.25) is 0 Å². The zero-order valence-corrected chi connectivity index (χ0v) is 9.61. The van der Waals surface area contributed by atoms with Gasteiger partial charge in [0.15, 0.2) is 0 Å². The summed E-state index contributed by atoms with van der Waals surface area (Å²) in [6.07, 6.45) is 0. The monoisotopic (exact) mass is 216 g/mol. The summed E-state index contributed by atoms with van der Waals surface area (Å²) in [4.78, 5) is 5.87. The van der Waals surface area contributed by atoms with E-state index in [2.05, 4.69) is 42.3 Å². The van der Waals surface area contributed by atoms with E-state index in [9.17, 15) is 0 Å². The van der Waals surface area contributed by atoms with Crippen LogP contribution < -0.4 is 5.32 Å². The van der Waals surface area contributed by atoms with Gasteiger partial charge in [-0.2, -0.15) is 0 Å². The predicted octanol–water partition coefficient (Wildman–Crippen LogP) is 3.35. The first-order chi connectivity index (χ1) is 7.25. The van der Waals surface area contributed by atoms with Crippen LogP contribution in [0.2, 0.25) is 0 Å². The normalized spacial score (nSPS) is 12.9. The molecule has 0 radical (unpaired) electrons. The molecule has 15 heavy (non-hydrogen) atoms. The van der Waals surface area contributed by atoms with Crippen LogP contribution in [0.5, 0.6) is 0 Å². The van der Waals surface area contributed by atoms with Gasteiger partial charge in [-0.3, -0.25) is 0 Å². The van der Waals surface area contributed by atoms with E-state index in [0.29, 0.717) is 0 Å². The number of hydrogen-bond donors (Lipinski definition) is 1. The predicted molar refractivity (Wildman–Crippen MR) is 64.4 cm³/mol. The summed E-state index contributed by atoms with van der Waals surface area (Å²) in [6, 6.07) is 6.43. The van der Waals surface area contributed by atoms with Gasteiger partial charge in [-0.25, -0.2) is 4.98 Å². The minimum absolute atomic E-state index is 0.859. The van der Waals surface area contributed by atoms with Crippen LogP contribution in [0.15, 0.2) is 18.2 Å². The summed E-state index contributed by atoms with van der Waals surface area (Å²) < 4.78 is 0. The Kier molecular flexibility index (Phi) is 1.83. The second-order valence-corrected chi connectivity index (χ2v) is 5.06. The first-order valence-electron chi connectivity index (χ1n) is 5.06. The Labute approximate surface area is 93.0 Å². The summed E-state index contributed by atoms with van der Waals surface area (Å²) in [7, 11) is 0. The first kappa shape index (κ1) is 8.92. The van der Waals surface area contributed by atoms with E-state index in [4.69, 9.17) is 0 Å². The van der Waals surface area contributed by atoms with Crippen LogP contribution in [0.25, 0.3) is 10.4 Å². The maximum atomic E-state index is 4.54. The van der Waals surface area contributed by atoms with E-state index in [-0.39, 0.29) is 0 Å². The number of hydrogen-bond acceptors (Lipinski definition) is 3.